The van der Waals surface area contributed by atoms with E-state index in [1.807, 2.05) is 22.8 Å². The van der Waals surface area contributed by atoms with Gasteiger partial charge in [0.05, 0.1) is 18.2 Å². The lowest BCUT2D eigenvalue weighted by Gasteiger charge is -2.21. The monoisotopic (exact) mass is 316 g/mol. The maximum Gasteiger partial charge on any atom is 0.272 e. The molecule has 7 nitrogen and oxygen atoms in total. The van der Waals surface area contributed by atoms with Gasteiger partial charge in [-0.25, -0.2) is 4.98 Å². The predicted octanol–water partition coefficient (Wildman–Crippen LogP) is 0.985. The standard InChI is InChI=1S/C16H24N6O/c1-3-22-8-5-14(18-22)12-20-6-4-7-21(10-9-20)16(23)15-11-17-13-19(15)2/h5,8,11,13H,3-4,6-7,9-10,12H2,1-2H3. The Balaban J connectivity index is 1.58. The van der Waals surface area contributed by atoms with Gasteiger partial charge >= 0.3 is 0 Å². The zero-order valence-corrected chi connectivity index (χ0v) is 13.9. The van der Waals surface area contributed by atoms with Crippen LogP contribution in [0.4, 0.5) is 0 Å². The number of amides is 1. The lowest BCUT2D eigenvalue weighted by molar-refractivity contribution is 0.0751. The fourth-order valence-electron chi connectivity index (χ4n) is 2.95. The van der Waals surface area contributed by atoms with Gasteiger partial charge in [0.15, 0.2) is 0 Å². The fourth-order valence-corrected chi connectivity index (χ4v) is 2.95. The third-order valence-electron chi connectivity index (χ3n) is 4.32. The smallest absolute Gasteiger partial charge is 0.272 e. The number of carbonyl (C=O) groups is 1. The van der Waals surface area contributed by atoms with E-state index in [9.17, 15) is 4.79 Å². The number of carbonyl (C=O) groups excluding carboxylic acids is 1. The van der Waals surface area contributed by atoms with Gasteiger partial charge in [-0.3, -0.25) is 14.4 Å². The van der Waals surface area contributed by atoms with Crippen LogP contribution in [0.5, 0.6) is 0 Å². The zero-order chi connectivity index (χ0) is 16.2. The largest absolute Gasteiger partial charge is 0.336 e. The van der Waals surface area contributed by atoms with Gasteiger partial charge in [-0.15, -0.1) is 0 Å². The highest BCUT2D eigenvalue weighted by atomic mass is 16.2. The van der Waals surface area contributed by atoms with Gasteiger partial charge in [-0.05, 0) is 19.4 Å². The summed E-state index contributed by atoms with van der Waals surface area (Å²) in [4.78, 5) is 20.9. The summed E-state index contributed by atoms with van der Waals surface area (Å²) in [5, 5.41) is 4.54. The van der Waals surface area contributed by atoms with Crippen LogP contribution in [0.25, 0.3) is 0 Å². The van der Waals surface area contributed by atoms with Crippen molar-refractivity contribution >= 4 is 5.91 Å². The van der Waals surface area contributed by atoms with Gasteiger partial charge in [0.1, 0.15) is 5.69 Å². The first-order valence-corrected chi connectivity index (χ1v) is 8.17. The van der Waals surface area contributed by atoms with E-state index in [1.165, 1.54) is 0 Å². The van der Waals surface area contributed by atoms with E-state index in [4.69, 9.17) is 0 Å². The molecule has 0 N–H and O–H groups in total. The van der Waals surface area contributed by atoms with E-state index in [0.717, 1.165) is 51.4 Å². The highest BCUT2D eigenvalue weighted by Gasteiger charge is 2.22. The summed E-state index contributed by atoms with van der Waals surface area (Å²) < 4.78 is 3.73. The Morgan fingerprint density at radius 2 is 2.13 bits per heavy atom. The molecule has 7 heteroatoms. The van der Waals surface area contributed by atoms with Gasteiger partial charge in [0.2, 0.25) is 0 Å². The van der Waals surface area contributed by atoms with Crippen LogP contribution in [-0.4, -0.2) is 61.2 Å². The van der Waals surface area contributed by atoms with E-state index >= 15 is 0 Å². The van der Waals surface area contributed by atoms with Crippen LogP contribution >= 0.6 is 0 Å². The zero-order valence-electron chi connectivity index (χ0n) is 13.9. The van der Waals surface area contributed by atoms with E-state index in [-0.39, 0.29) is 5.91 Å². The summed E-state index contributed by atoms with van der Waals surface area (Å²) in [6.45, 7) is 7.25. The Bertz CT molecular complexity index is 661. The minimum Gasteiger partial charge on any atom is -0.336 e. The Kier molecular flexibility index (Phi) is 4.76. The maximum atomic E-state index is 12.6. The number of hydrogen-bond acceptors (Lipinski definition) is 4. The van der Waals surface area contributed by atoms with Crippen LogP contribution in [-0.2, 0) is 20.1 Å². The van der Waals surface area contributed by atoms with Crippen molar-refractivity contribution < 1.29 is 4.79 Å². The number of rotatable bonds is 4. The normalized spacial score (nSPS) is 16.5. The first-order chi connectivity index (χ1) is 11.2. The molecule has 0 bridgehead atoms. The number of nitrogens with zero attached hydrogens (tertiary/aromatic N) is 6. The predicted molar refractivity (Wildman–Crippen MR) is 86.9 cm³/mol. The molecule has 1 fully saturated rings. The lowest BCUT2D eigenvalue weighted by Crippen LogP contribution is -2.36. The molecule has 1 aliphatic heterocycles. The second-order valence-electron chi connectivity index (χ2n) is 5.97. The summed E-state index contributed by atoms with van der Waals surface area (Å²) in [7, 11) is 1.86. The van der Waals surface area contributed by atoms with E-state index in [0.29, 0.717) is 5.69 Å². The molecular weight excluding hydrogens is 292 g/mol. The minimum atomic E-state index is 0.0714. The SMILES string of the molecule is CCn1ccc(CN2CCCN(C(=O)c3cncn3C)CC2)n1. The minimum absolute atomic E-state index is 0.0714. The molecule has 0 spiro atoms. The second kappa shape index (κ2) is 6.95. The molecule has 1 saturated heterocycles. The first-order valence-electron chi connectivity index (χ1n) is 8.17. The van der Waals surface area contributed by atoms with Gasteiger partial charge in [-0.2, -0.15) is 5.10 Å². The molecule has 2 aromatic heterocycles. The van der Waals surface area contributed by atoms with Crippen molar-refractivity contribution in [3.05, 3.63) is 36.2 Å². The molecule has 0 unspecified atom stereocenters. The molecule has 0 radical (unpaired) electrons. The van der Waals surface area contributed by atoms with Crippen molar-refractivity contribution in [1.29, 1.82) is 0 Å². The Hall–Kier alpha value is -2.15. The van der Waals surface area contributed by atoms with E-state index < -0.39 is 0 Å². The summed E-state index contributed by atoms with van der Waals surface area (Å²) in [5.41, 5.74) is 1.75. The molecule has 1 aliphatic rings. The molecule has 1 amide bonds. The van der Waals surface area contributed by atoms with Gasteiger partial charge in [-0.1, -0.05) is 0 Å². The lowest BCUT2D eigenvalue weighted by atomic mass is 10.3. The van der Waals surface area contributed by atoms with Crippen LogP contribution in [0.3, 0.4) is 0 Å². The maximum absolute atomic E-state index is 12.6. The van der Waals surface area contributed by atoms with Gasteiger partial charge < -0.3 is 9.47 Å². The van der Waals surface area contributed by atoms with Crippen LogP contribution in [0.1, 0.15) is 29.5 Å². The Morgan fingerprint density at radius 3 is 2.83 bits per heavy atom. The third kappa shape index (κ3) is 3.61. The average molecular weight is 316 g/mol. The summed E-state index contributed by atoms with van der Waals surface area (Å²) in [6, 6.07) is 2.08. The third-order valence-corrected chi connectivity index (χ3v) is 4.32. The number of aromatic nitrogens is 4. The first kappa shape index (κ1) is 15.7. The van der Waals surface area contributed by atoms with E-state index in [1.54, 1.807) is 17.1 Å². The molecule has 0 saturated carbocycles. The number of hydrogen-bond donors (Lipinski definition) is 0. The van der Waals surface area contributed by atoms with Crippen molar-refractivity contribution in [2.45, 2.75) is 26.4 Å². The highest BCUT2D eigenvalue weighted by molar-refractivity contribution is 5.92. The molecule has 124 valence electrons. The molecule has 0 atom stereocenters. The fraction of sp³-hybridized carbons (Fsp3) is 0.562. The highest BCUT2D eigenvalue weighted by Crippen LogP contribution is 2.11. The van der Waals surface area contributed by atoms with Crippen molar-refractivity contribution in [3.8, 4) is 0 Å². The quantitative estimate of drug-likeness (QED) is 0.844. The average Bonchev–Trinajstić information content (AvgIpc) is 3.11. The molecule has 2 aromatic rings. The van der Waals surface area contributed by atoms with Gasteiger partial charge in [0.25, 0.3) is 5.91 Å². The molecule has 3 rings (SSSR count). The van der Waals surface area contributed by atoms with Crippen molar-refractivity contribution in [2.24, 2.45) is 7.05 Å². The van der Waals surface area contributed by atoms with Crippen LogP contribution in [0.15, 0.2) is 24.8 Å². The van der Waals surface area contributed by atoms with E-state index in [2.05, 4.69) is 28.0 Å². The van der Waals surface area contributed by atoms with Crippen LogP contribution in [0, 0.1) is 0 Å². The van der Waals surface area contributed by atoms with Gasteiger partial charge in [0, 0.05) is 52.5 Å². The van der Waals surface area contributed by atoms with Crippen LogP contribution in [0.2, 0.25) is 0 Å². The van der Waals surface area contributed by atoms with Crippen molar-refractivity contribution in [3.63, 3.8) is 0 Å². The van der Waals surface area contributed by atoms with Crippen molar-refractivity contribution in [2.75, 3.05) is 26.2 Å². The molecule has 0 aromatic carbocycles. The molecule has 0 aliphatic carbocycles. The molecular formula is C16H24N6O. The molecule has 23 heavy (non-hydrogen) atoms. The summed E-state index contributed by atoms with van der Waals surface area (Å²) in [5.74, 6) is 0.0714. The second-order valence-corrected chi connectivity index (χ2v) is 5.97. The number of imidazole rings is 1. The van der Waals surface area contributed by atoms with Crippen molar-refractivity contribution in [1.82, 2.24) is 29.1 Å². The Morgan fingerprint density at radius 1 is 1.26 bits per heavy atom. The topological polar surface area (TPSA) is 59.2 Å². The summed E-state index contributed by atoms with van der Waals surface area (Å²) >= 11 is 0. The summed E-state index contributed by atoms with van der Waals surface area (Å²) in [6.07, 6.45) is 6.31. The Labute approximate surface area is 136 Å². The number of aryl methyl sites for hydroxylation is 2. The van der Waals surface area contributed by atoms with Crippen LogP contribution < -0.4 is 0 Å². The molecule has 3 heterocycles.